The van der Waals surface area contributed by atoms with Gasteiger partial charge >= 0.3 is 0 Å². The van der Waals surface area contributed by atoms with Crippen molar-refractivity contribution in [2.75, 3.05) is 6.54 Å². The number of aliphatic hydroxyl groups is 1. The van der Waals surface area contributed by atoms with Crippen LogP contribution in [-0.2, 0) is 5.60 Å². The monoisotopic (exact) mass is 343 g/mol. The molecule has 0 unspecified atom stereocenters. The van der Waals surface area contributed by atoms with Crippen LogP contribution in [0.1, 0.15) is 37.3 Å². The molecule has 1 aliphatic carbocycles. The maximum absolute atomic E-state index is 13.0. The van der Waals surface area contributed by atoms with Gasteiger partial charge in [-0.05, 0) is 67.2 Å². The Kier molecular flexibility index (Phi) is 5.30. The Morgan fingerprint density at radius 1 is 1.04 bits per heavy atom. The van der Waals surface area contributed by atoms with E-state index in [1.165, 1.54) is 29.8 Å². The van der Waals surface area contributed by atoms with Crippen molar-refractivity contribution in [1.82, 2.24) is 5.32 Å². The minimum absolute atomic E-state index is 0.220. The van der Waals surface area contributed by atoms with E-state index < -0.39 is 5.60 Å². The van der Waals surface area contributed by atoms with E-state index in [2.05, 4.69) is 11.4 Å². The summed E-state index contributed by atoms with van der Waals surface area (Å²) in [6.07, 6.45) is 4.93. The second kappa shape index (κ2) is 7.46. The first-order valence-electron chi connectivity index (χ1n) is 8.61. The Morgan fingerprint density at radius 2 is 1.64 bits per heavy atom. The first-order chi connectivity index (χ1) is 11.9. The van der Waals surface area contributed by atoms with Gasteiger partial charge in [0.25, 0.3) is 0 Å². The molecule has 2 N–H and O–H groups in total. The lowest BCUT2D eigenvalue weighted by Gasteiger charge is -2.29. The summed E-state index contributed by atoms with van der Waals surface area (Å²) in [5, 5.41) is 14.0. The highest BCUT2D eigenvalue weighted by atomic mass is 19.1. The third kappa shape index (κ3) is 4.53. The Balaban J connectivity index is 1.56. The summed E-state index contributed by atoms with van der Waals surface area (Å²) < 4.78 is 26.0. The van der Waals surface area contributed by atoms with Crippen LogP contribution in [0, 0.1) is 11.6 Å². The summed E-state index contributed by atoms with van der Waals surface area (Å²) in [5.74, 6) is -0.527. The first-order valence-corrected chi connectivity index (χ1v) is 8.61. The van der Waals surface area contributed by atoms with Gasteiger partial charge in [0, 0.05) is 12.6 Å². The summed E-state index contributed by atoms with van der Waals surface area (Å²) in [7, 11) is 0. The zero-order valence-electron chi connectivity index (χ0n) is 14.3. The molecule has 0 bridgehead atoms. The fourth-order valence-corrected chi connectivity index (χ4v) is 3.20. The number of hydrogen-bond donors (Lipinski definition) is 2. The lowest BCUT2D eigenvalue weighted by Crippen LogP contribution is -2.41. The Morgan fingerprint density at radius 3 is 2.20 bits per heavy atom. The zero-order valence-corrected chi connectivity index (χ0v) is 14.3. The summed E-state index contributed by atoms with van der Waals surface area (Å²) in [6, 6.07) is 12.8. The second-order valence-corrected chi connectivity index (χ2v) is 6.87. The van der Waals surface area contributed by atoms with Crippen molar-refractivity contribution in [3.05, 3.63) is 77.4 Å². The zero-order chi connectivity index (χ0) is 17.9. The molecular formula is C21H23F2NO. The van der Waals surface area contributed by atoms with Gasteiger partial charge in [-0.2, -0.15) is 0 Å². The normalized spacial score (nSPS) is 20.0. The predicted octanol–water partition coefficient (Wildman–Crippen LogP) is 4.40. The van der Waals surface area contributed by atoms with Crippen molar-refractivity contribution < 1.29 is 13.9 Å². The SMILES string of the molecule is C[C@@](O)(CN[C@H]1CC=C(c2ccc(F)cc2)CC1)c1ccc(F)cc1. The molecule has 2 nitrogen and oxygen atoms in total. The Hall–Kier alpha value is -2.04. The van der Waals surface area contributed by atoms with E-state index in [1.54, 1.807) is 19.1 Å². The van der Waals surface area contributed by atoms with Crippen LogP contribution in [0.3, 0.4) is 0 Å². The van der Waals surface area contributed by atoms with Gasteiger partial charge in [-0.15, -0.1) is 0 Å². The molecule has 0 saturated heterocycles. The number of nitrogens with one attached hydrogen (secondary N) is 1. The lowest BCUT2D eigenvalue weighted by molar-refractivity contribution is 0.0534. The summed E-state index contributed by atoms with van der Waals surface area (Å²) in [6.45, 7) is 2.14. The van der Waals surface area contributed by atoms with Crippen LogP contribution in [0.4, 0.5) is 8.78 Å². The standard InChI is InChI=1S/C21H23F2NO/c1-21(25,17-6-10-19(23)11-7-17)14-24-20-12-4-16(5-13-20)15-2-8-18(22)9-3-15/h2-4,6-11,20,24-25H,5,12-14H2,1H3/t20-,21+/m0/s1. The van der Waals surface area contributed by atoms with Gasteiger partial charge in [0.1, 0.15) is 11.6 Å². The van der Waals surface area contributed by atoms with Crippen molar-refractivity contribution in [1.29, 1.82) is 0 Å². The first kappa shape index (κ1) is 17.8. The highest BCUT2D eigenvalue weighted by molar-refractivity contribution is 5.66. The highest BCUT2D eigenvalue weighted by Gasteiger charge is 2.25. The van der Waals surface area contributed by atoms with Crippen LogP contribution in [0.25, 0.3) is 5.57 Å². The number of halogens is 2. The molecule has 0 fully saturated rings. The third-order valence-corrected chi connectivity index (χ3v) is 4.83. The maximum atomic E-state index is 13.0. The second-order valence-electron chi connectivity index (χ2n) is 6.87. The van der Waals surface area contributed by atoms with Crippen LogP contribution >= 0.6 is 0 Å². The molecule has 0 aliphatic heterocycles. The van der Waals surface area contributed by atoms with E-state index >= 15 is 0 Å². The lowest BCUT2D eigenvalue weighted by atomic mass is 9.89. The predicted molar refractivity (Wildman–Crippen MR) is 96.0 cm³/mol. The number of allylic oxidation sites excluding steroid dienone is 1. The molecule has 2 aromatic carbocycles. The molecule has 0 amide bonds. The van der Waals surface area contributed by atoms with E-state index in [9.17, 15) is 13.9 Å². The van der Waals surface area contributed by atoms with Crippen molar-refractivity contribution >= 4 is 5.57 Å². The Bertz CT molecular complexity index is 735. The average Bonchev–Trinajstić information content (AvgIpc) is 2.62. The van der Waals surface area contributed by atoms with Gasteiger partial charge in [-0.25, -0.2) is 8.78 Å². The van der Waals surface area contributed by atoms with Crippen LogP contribution in [0.5, 0.6) is 0 Å². The fourth-order valence-electron chi connectivity index (χ4n) is 3.20. The van der Waals surface area contributed by atoms with Crippen LogP contribution < -0.4 is 5.32 Å². The maximum Gasteiger partial charge on any atom is 0.123 e. The molecule has 1 aliphatic rings. The van der Waals surface area contributed by atoms with Gasteiger partial charge in [-0.3, -0.25) is 0 Å². The smallest absolute Gasteiger partial charge is 0.123 e. The van der Waals surface area contributed by atoms with Crippen molar-refractivity contribution in [3.8, 4) is 0 Å². The summed E-state index contributed by atoms with van der Waals surface area (Å²) in [5.41, 5.74) is 1.95. The minimum Gasteiger partial charge on any atom is -0.384 e. The number of rotatable bonds is 5. The van der Waals surface area contributed by atoms with Gasteiger partial charge in [0.15, 0.2) is 0 Å². The van der Waals surface area contributed by atoms with E-state index in [0.717, 1.165) is 24.8 Å². The molecule has 3 rings (SSSR count). The number of benzene rings is 2. The molecule has 0 radical (unpaired) electrons. The molecular weight excluding hydrogens is 320 g/mol. The molecule has 2 atom stereocenters. The minimum atomic E-state index is -1.05. The van der Waals surface area contributed by atoms with E-state index in [4.69, 9.17) is 0 Å². The molecule has 0 saturated carbocycles. The summed E-state index contributed by atoms with van der Waals surface area (Å²) in [4.78, 5) is 0. The molecule has 0 aromatic heterocycles. The average molecular weight is 343 g/mol. The van der Waals surface area contributed by atoms with Gasteiger partial charge in [0.05, 0.1) is 5.60 Å². The van der Waals surface area contributed by atoms with Crippen LogP contribution in [-0.4, -0.2) is 17.7 Å². The molecule has 0 spiro atoms. The van der Waals surface area contributed by atoms with Gasteiger partial charge in [-0.1, -0.05) is 30.3 Å². The molecule has 132 valence electrons. The van der Waals surface area contributed by atoms with E-state index in [1.807, 2.05) is 12.1 Å². The van der Waals surface area contributed by atoms with Crippen molar-refractivity contribution in [2.45, 2.75) is 37.8 Å². The van der Waals surface area contributed by atoms with Gasteiger partial charge < -0.3 is 10.4 Å². The van der Waals surface area contributed by atoms with Crippen molar-refractivity contribution in [2.24, 2.45) is 0 Å². The molecule has 25 heavy (non-hydrogen) atoms. The van der Waals surface area contributed by atoms with Crippen LogP contribution in [0.15, 0.2) is 54.6 Å². The highest BCUT2D eigenvalue weighted by Crippen LogP contribution is 2.28. The number of hydrogen-bond acceptors (Lipinski definition) is 2. The molecule has 0 heterocycles. The van der Waals surface area contributed by atoms with Crippen LogP contribution in [0.2, 0.25) is 0 Å². The van der Waals surface area contributed by atoms with E-state index in [0.29, 0.717) is 12.1 Å². The molecule has 4 heteroatoms. The van der Waals surface area contributed by atoms with Gasteiger partial charge in [0.2, 0.25) is 0 Å². The third-order valence-electron chi connectivity index (χ3n) is 4.83. The quantitative estimate of drug-likeness (QED) is 0.843. The summed E-state index contributed by atoms with van der Waals surface area (Å²) >= 11 is 0. The Labute approximate surface area is 147 Å². The fraction of sp³-hybridized carbons (Fsp3) is 0.333. The molecule has 2 aromatic rings. The largest absolute Gasteiger partial charge is 0.384 e. The van der Waals surface area contributed by atoms with E-state index in [-0.39, 0.29) is 17.7 Å². The topological polar surface area (TPSA) is 32.3 Å². The van der Waals surface area contributed by atoms with Crippen molar-refractivity contribution in [3.63, 3.8) is 0 Å².